The lowest BCUT2D eigenvalue weighted by molar-refractivity contribution is 0.0998. The molecule has 8 nitrogen and oxygen atoms in total. The van der Waals surface area contributed by atoms with Crippen molar-refractivity contribution in [3.8, 4) is 0 Å². The van der Waals surface area contributed by atoms with Gasteiger partial charge in [-0.15, -0.1) is 0 Å². The van der Waals surface area contributed by atoms with Gasteiger partial charge in [0, 0.05) is 28.4 Å². The molecule has 0 unspecified atom stereocenters. The summed E-state index contributed by atoms with van der Waals surface area (Å²) in [4.78, 5) is 21.1. The second-order valence-electron chi connectivity index (χ2n) is 7.77. The van der Waals surface area contributed by atoms with Crippen LogP contribution in [0.4, 0.5) is 11.5 Å². The molecule has 0 bridgehead atoms. The van der Waals surface area contributed by atoms with Gasteiger partial charge in [0.2, 0.25) is 0 Å². The van der Waals surface area contributed by atoms with Gasteiger partial charge in [0.05, 0.1) is 4.90 Å². The van der Waals surface area contributed by atoms with Gasteiger partial charge in [-0.05, 0) is 69.2 Å². The van der Waals surface area contributed by atoms with Gasteiger partial charge in [-0.2, -0.15) is 0 Å². The summed E-state index contributed by atoms with van der Waals surface area (Å²) in [6.07, 6.45) is 0.892. The first-order chi connectivity index (χ1) is 15.7. The van der Waals surface area contributed by atoms with Crippen molar-refractivity contribution >= 4 is 38.4 Å². The molecule has 2 aromatic carbocycles. The molecule has 0 saturated carbocycles. The van der Waals surface area contributed by atoms with E-state index in [0.717, 1.165) is 22.9 Å². The van der Waals surface area contributed by atoms with Crippen LogP contribution in [0.1, 0.15) is 40.1 Å². The summed E-state index contributed by atoms with van der Waals surface area (Å²) in [5, 5.41) is 3.67. The van der Waals surface area contributed by atoms with Crippen LogP contribution >= 0.6 is 0 Å². The fourth-order valence-electron chi connectivity index (χ4n) is 3.58. The SMILES string of the molecule is CCc1ccc2oc(C(=O)Nc3ccc(S(=O)(=O)Nc4cc(C)nc(C)n4)cc3)c(C)c2c1. The molecule has 0 fully saturated rings. The molecule has 4 aromatic rings. The lowest BCUT2D eigenvalue weighted by Gasteiger charge is -2.09. The van der Waals surface area contributed by atoms with Crippen LogP contribution in [0.25, 0.3) is 11.0 Å². The van der Waals surface area contributed by atoms with Gasteiger partial charge in [-0.3, -0.25) is 9.52 Å². The van der Waals surface area contributed by atoms with E-state index in [2.05, 4.69) is 26.9 Å². The standard InChI is InChI=1S/C24H24N4O4S/c1-5-17-6-11-21-20(13-17)15(3)23(32-21)24(29)27-18-7-9-19(10-8-18)33(30,31)28-22-12-14(2)25-16(4)26-22/h6-13H,5H2,1-4H3,(H,27,29)(H,25,26,28). The summed E-state index contributed by atoms with van der Waals surface area (Å²) in [5.74, 6) is 0.495. The molecule has 2 aromatic heterocycles. The molecular formula is C24H24N4O4S. The van der Waals surface area contributed by atoms with E-state index >= 15 is 0 Å². The van der Waals surface area contributed by atoms with Gasteiger partial charge in [0.25, 0.3) is 15.9 Å². The van der Waals surface area contributed by atoms with Crippen LogP contribution in [-0.4, -0.2) is 24.3 Å². The Morgan fingerprint density at radius 3 is 2.39 bits per heavy atom. The number of carbonyl (C=O) groups is 1. The summed E-state index contributed by atoms with van der Waals surface area (Å²) in [5.41, 5.74) is 3.68. The van der Waals surface area contributed by atoms with E-state index in [1.807, 2.05) is 25.1 Å². The van der Waals surface area contributed by atoms with E-state index in [4.69, 9.17) is 4.42 Å². The number of rotatable bonds is 6. The van der Waals surface area contributed by atoms with Crippen molar-refractivity contribution < 1.29 is 17.6 Å². The number of amides is 1. The number of hydrogen-bond acceptors (Lipinski definition) is 6. The Labute approximate surface area is 192 Å². The first-order valence-corrected chi connectivity index (χ1v) is 11.9. The number of anilines is 2. The highest BCUT2D eigenvalue weighted by Crippen LogP contribution is 2.27. The van der Waals surface area contributed by atoms with Crippen molar-refractivity contribution in [1.82, 2.24) is 9.97 Å². The molecule has 0 atom stereocenters. The molecule has 2 heterocycles. The first kappa shape index (κ1) is 22.5. The summed E-state index contributed by atoms with van der Waals surface area (Å²) in [7, 11) is -3.85. The predicted molar refractivity (Wildman–Crippen MR) is 127 cm³/mol. The van der Waals surface area contributed by atoms with E-state index in [-0.39, 0.29) is 16.5 Å². The van der Waals surface area contributed by atoms with Crippen LogP contribution < -0.4 is 10.0 Å². The number of hydrogen-bond donors (Lipinski definition) is 2. The topological polar surface area (TPSA) is 114 Å². The van der Waals surface area contributed by atoms with Crippen molar-refractivity contribution in [3.63, 3.8) is 0 Å². The predicted octanol–water partition coefficient (Wildman–Crippen LogP) is 4.76. The van der Waals surface area contributed by atoms with Crippen LogP contribution in [0.15, 0.2) is 57.8 Å². The van der Waals surface area contributed by atoms with Crippen LogP contribution in [0.2, 0.25) is 0 Å². The molecule has 33 heavy (non-hydrogen) atoms. The smallest absolute Gasteiger partial charge is 0.291 e. The summed E-state index contributed by atoms with van der Waals surface area (Å²) in [6.45, 7) is 7.36. The Hall–Kier alpha value is -3.72. The number of carbonyl (C=O) groups excluding carboxylic acids is 1. The maximum Gasteiger partial charge on any atom is 0.291 e. The zero-order chi connectivity index (χ0) is 23.8. The molecule has 2 N–H and O–H groups in total. The number of fused-ring (bicyclic) bond motifs is 1. The van der Waals surface area contributed by atoms with Crippen LogP contribution in [-0.2, 0) is 16.4 Å². The zero-order valence-corrected chi connectivity index (χ0v) is 19.6. The second-order valence-corrected chi connectivity index (χ2v) is 9.45. The quantitative estimate of drug-likeness (QED) is 0.425. The Balaban J connectivity index is 1.52. The molecule has 0 aliphatic rings. The molecule has 0 radical (unpaired) electrons. The molecule has 0 saturated heterocycles. The number of benzene rings is 2. The molecular weight excluding hydrogens is 440 g/mol. The Morgan fingerprint density at radius 2 is 1.73 bits per heavy atom. The number of nitrogens with zero attached hydrogens (tertiary/aromatic N) is 2. The Kier molecular flexibility index (Phi) is 5.90. The fourth-order valence-corrected chi connectivity index (χ4v) is 4.57. The summed E-state index contributed by atoms with van der Waals surface area (Å²) in [6, 6.07) is 13.3. The van der Waals surface area contributed by atoms with Crippen molar-refractivity contribution in [2.75, 3.05) is 10.0 Å². The van der Waals surface area contributed by atoms with E-state index < -0.39 is 15.9 Å². The van der Waals surface area contributed by atoms with Crippen molar-refractivity contribution in [2.24, 2.45) is 0 Å². The lowest BCUT2D eigenvalue weighted by atomic mass is 10.1. The summed E-state index contributed by atoms with van der Waals surface area (Å²) < 4.78 is 33.6. The zero-order valence-electron chi connectivity index (χ0n) is 18.8. The van der Waals surface area contributed by atoms with Crippen LogP contribution in [0, 0.1) is 20.8 Å². The Morgan fingerprint density at radius 1 is 1.00 bits per heavy atom. The number of sulfonamides is 1. The average molecular weight is 465 g/mol. The molecule has 9 heteroatoms. The van der Waals surface area contributed by atoms with E-state index in [9.17, 15) is 13.2 Å². The van der Waals surface area contributed by atoms with Crippen molar-refractivity contribution in [2.45, 2.75) is 39.0 Å². The fraction of sp³-hybridized carbons (Fsp3) is 0.208. The maximum absolute atomic E-state index is 12.8. The first-order valence-electron chi connectivity index (χ1n) is 10.4. The van der Waals surface area contributed by atoms with Gasteiger partial charge in [-0.25, -0.2) is 18.4 Å². The third kappa shape index (κ3) is 4.73. The minimum Gasteiger partial charge on any atom is -0.451 e. The molecule has 0 aliphatic heterocycles. The monoisotopic (exact) mass is 464 g/mol. The second kappa shape index (κ2) is 8.67. The minimum absolute atomic E-state index is 0.0430. The normalized spacial score (nSPS) is 11.5. The molecule has 4 rings (SSSR count). The average Bonchev–Trinajstić information content (AvgIpc) is 3.09. The van der Waals surface area contributed by atoms with E-state index in [1.165, 1.54) is 24.3 Å². The highest BCUT2D eigenvalue weighted by Gasteiger charge is 2.19. The minimum atomic E-state index is -3.85. The highest BCUT2D eigenvalue weighted by atomic mass is 32.2. The van der Waals surface area contributed by atoms with Crippen LogP contribution in [0.3, 0.4) is 0 Å². The van der Waals surface area contributed by atoms with Crippen LogP contribution in [0.5, 0.6) is 0 Å². The summed E-state index contributed by atoms with van der Waals surface area (Å²) >= 11 is 0. The van der Waals surface area contributed by atoms with Gasteiger partial charge >= 0.3 is 0 Å². The number of aromatic nitrogens is 2. The maximum atomic E-state index is 12.8. The molecule has 1 amide bonds. The van der Waals surface area contributed by atoms with Crippen molar-refractivity contribution in [3.05, 3.63) is 76.9 Å². The highest BCUT2D eigenvalue weighted by molar-refractivity contribution is 7.92. The molecule has 0 spiro atoms. The van der Waals surface area contributed by atoms with Crippen molar-refractivity contribution in [1.29, 1.82) is 0 Å². The largest absolute Gasteiger partial charge is 0.451 e. The van der Waals surface area contributed by atoms with Gasteiger partial charge < -0.3 is 9.73 Å². The van der Waals surface area contributed by atoms with E-state index in [0.29, 0.717) is 22.8 Å². The third-order valence-corrected chi connectivity index (χ3v) is 6.61. The number of furan rings is 1. The van der Waals surface area contributed by atoms with Gasteiger partial charge in [0.1, 0.15) is 17.2 Å². The number of aryl methyl sites for hydroxylation is 4. The van der Waals surface area contributed by atoms with Gasteiger partial charge in [-0.1, -0.05) is 13.0 Å². The third-order valence-electron chi connectivity index (χ3n) is 5.24. The number of nitrogens with one attached hydrogen (secondary N) is 2. The lowest BCUT2D eigenvalue weighted by Crippen LogP contribution is -2.15. The molecule has 170 valence electrons. The van der Waals surface area contributed by atoms with Gasteiger partial charge in [0.15, 0.2) is 5.76 Å². The van der Waals surface area contributed by atoms with E-state index in [1.54, 1.807) is 19.9 Å². The molecule has 0 aliphatic carbocycles. The Bertz CT molecular complexity index is 1440.